The lowest BCUT2D eigenvalue weighted by molar-refractivity contribution is 0.185. The summed E-state index contributed by atoms with van der Waals surface area (Å²) in [6.45, 7) is 2.73. The van der Waals surface area contributed by atoms with E-state index in [0.29, 0.717) is 4.75 Å². The Morgan fingerprint density at radius 3 is 2.92 bits per heavy atom. The summed E-state index contributed by atoms with van der Waals surface area (Å²) < 4.78 is 0.411. The van der Waals surface area contributed by atoms with Crippen LogP contribution in [0.3, 0.4) is 0 Å². The number of carbonyl (C=O) groups excluding carboxylic acids is 1. The van der Waals surface area contributed by atoms with Crippen molar-refractivity contribution >= 4 is 17.8 Å². The van der Waals surface area contributed by atoms with Gasteiger partial charge >= 0.3 is 6.03 Å². The van der Waals surface area contributed by atoms with E-state index >= 15 is 0 Å². The second kappa shape index (κ2) is 3.40. The Morgan fingerprint density at radius 2 is 2.38 bits per heavy atom. The zero-order valence-electron chi connectivity index (χ0n) is 8.01. The molecule has 0 atom stereocenters. The van der Waals surface area contributed by atoms with Crippen LogP contribution in [0.5, 0.6) is 0 Å². The number of nitrogens with one attached hydrogen (secondary N) is 1. The van der Waals surface area contributed by atoms with E-state index in [1.807, 2.05) is 16.7 Å². The van der Waals surface area contributed by atoms with Gasteiger partial charge in [0.05, 0.1) is 0 Å². The standard InChI is InChI=1S/C9H16N2OS/c1-13-9(3-4-9)7-11-6-2-5-10-8(11)12/h2-7H2,1H3,(H,10,12). The van der Waals surface area contributed by atoms with Gasteiger partial charge in [-0.2, -0.15) is 11.8 Å². The molecule has 1 saturated heterocycles. The summed E-state index contributed by atoms with van der Waals surface area (Å²) in [5.41, 5.74) is 0. The summed E-state index contributed by atoms with van der Waals surface area (Å²) in [6.07, 6.45) is 5.79. The van der Waals surface area contributed by atoms with E-state index < -0.39 is 0 Å². The minimum absolute atomic E-state index is 0.131. The third-order valence-electron chi connectivity index (χ3n) is 2.89. The van der Waals surface area contributed by atoms with Crippen LogP contribution in [-0.2, 0) is 0 Å². The molecular formula is C9H16N2OS. The molecule has 2 amide bonds. The number of nitrogens with zero attached hydrogens (tertiary/aromatic N) is 1. The minimum Gasteiger partial charge on any atom is -0.338 e. The van der Waals surface area contributed by atoms with Crippen molar-refractivity contribution in [1.82, 2.24) is 10.2 Å². The third kappa shape index (κ3) is 1.93. The zero-order valence-corrected chi connectivity index (χ0v) is 8.82. The van der Waals surface area contributed by atoms with E-state index in [-0.39, 0.29) is 6.03 Å². The van der Waals surface area contributed by atoms with Gasteiger partial charge in [-0.25, -0.2) is 4.79 Å². The molecule has 0 aromatic rings. The summed E-state index contributed by atoms with van der Waals surface area (Å²) in [6, 6.07) is 0.131. The molecule has 74 valence electrons. The molecule has 1 N–H and O–H groups in total. The van der Waals surface area contributed by atoms with E-state index in [9.17, 15) is 4.79 Å². The van der Waals surface area contributed by atoms with Gasteiger partial charge in [-0.15, -0.1) is 0 Å². The Balaban J connectivity index is 1.89. The van der Waals surface area contributed by atoms with E-state index in [4.69, 9.17) is 0 Å². The number of rotatable bonds is 3. The van der Waals surface area contributed by atoms with Crippen LogP contribution in [0, 0.1) is 0 Å². The molecule has 1 heterocycles. The Kier molecular flexibility index (Phi) is 2.41. The highest BCUT2D eigenvalue weighted by Gasteiger charge is 2.44. The van der Waals surface area contributed by atoms with E-state index in [1.165, 1.54) is 12.8 Å². The smallest absolute Gasteiger partial charge is 0.317 e. The molecule has 1 aliphatic heterocycles. The van der Waals surface area contributed by atoms with Gasteiger partial charge in [-0.3, -0.25) is 0 Å². The average Bonchev–Trinajstić information content (AvgIpc) is 2.90. The molecule has 13 heavy (non-hydrogen) atoms. The fraction of sp³-hybridized carbons (Fsp3) is 0.889. The van der Waals surface area contributed by atoms with Crippen molar-refractivity contribution < 1.29 is 4.79 Å². The normalized spacial score (nSPS) is 25.6. The molecule has 0 spiro atoms. The number of hydrogen-bond donors (Lipinski definition) is 1. The van der Waals surface area contributed by atoms with Crippen molar-refractivity contribution in [2.45, 2.75) is 24.0 Å². The highest BCUT2D eigenvalue weighted by atomic mass is 32.2. The van der Waals surface area contributed by atoms with Gasteiger partial charge in [-0.1, -0.05) is 0 Å². The lowest BCUT2D eigenvalue weighted by Gasteiger charge is -2.30. The van der Waals surface area contributed by atoms with Crippen molar-refractivity contribution in [2.75, 3.05) is 25.9 Å². The number of thioether (sulfide) groups is 1. The molecule has 0 radical (unpaired) electrons. The van der Waals surface area contributed by atoms with Crippen LogP contribution in [0.2, 0.25) is 0 Å². The van der Waals surface area contributed by atoms with Crippen LogP contribution in [0.1, 0.15) is 19.3 Å². The van der Waals surface area contributed by atoms with Gasteiger partial charge in [-0.05, 0) is 25.5 Å². The quantitative estimate of drug-likeness (QED) is 0.744. The number of urea groups is 1. The largest absolute Gasteiger partial charge is 0.338 e. The first-order chi connectivity index (χ1) is 6.26. The van der Waals surface area contributed by atoms with E-state index in [1.54, 1.807) is 0 Å². The fourth-order valence-corrected chi connectivity index (χ4v) is 2.54. The maximum absolute atomic E-state index is 11.4. The Labute approximate surface area is 83.2 Å². The number of amides is 2. The second-order valence-corrected chi connectivity index (χ2v) is 5.17. The molecule has 1 saturated carbocycles. The minimum atomic E-state index is 0.131. The number of hydrogen-bond acceptors (Lipinski definition) is 2. The Morgan fingerprint density at radius 1 is 1.62 bits per heavy atom. The summed E-state index contributed by atoms with van der Waals surface area (Å²) in [4.78, 5) is 13.4. The van der Waals surface area contributed by atoms with E-state index in [2.05, 4.69) is 11.6 Å². The van der Waals surface area contributed by atoms with Crippen LogP contribution in [0.15, 0.2) is 0 Å². The summed E-state index contributed by atoms with van der Waals surface area (Å²) >= 11 is 1.91. The maximum atomic E-state index is 11.4. The van der Waals surface area contributed by atoms with Gasteiger partial charge in [0.1, 0.15) is 0 Å². The molecule has 2 aliphatic rings. The predicted molar refractivity (Wildman–Crippen MR) is 55.1 cm³/mol. The second-order valence-electron chi connectivity index (χ2n) is 3.89. The van der Waals surface area contributed by atoms with Crippen molar-refractivity contribution in [3.8, 4) is 0 Å². The molecule has 0 bridgehead atoms. The van der Waals surface area contributed by atoms with Gasteiger partial charge < -0.3 is 10.2 Å². The van der Waals surface area contributed by atoms with Crippen molar-refractivity contribution in [2.24, 2.45) is 0 Å². The first kappa shape index (κ1) is 9.19. The topological polar surface area (TPSA) is 32.3 Å². The SMILES string of the molecule is CSC1(CN2CCCNC2=O)CC1. The lowest BCUT2D eigenvalue weighted by atomic mass is 10.3. The summed E-state index contributed by atoms with van der Waals surface area (Å²) in [7, 11) is 0. The third-order valence-corrected chi connectivity index (χ3v) is 4.29. The van der Waals surface area contributed by atoms with Crippen LogP contribution in [0.4, 0.5) is 4.79 Å². The Hall–Kier alpha value is -0.380. The summed E-state index contributed by atoms with van der Waals surface area (Å²) in [5.74, 6) is 0. The molecule has 0 aromatic carbocycles. The predicted octanol–water partition coefficient (Wildman–Crippen LogP) is 1.30. The monoisotopic (exact) mass is 200 g/mol. The van der Waals surface area contributed by atoms with Crippen molar-refractivity contribution in [3.63, 3.8) is 0 Å². The van der Waals surface area contributed by atoms with Gasteiger partial charge in [0.2, 0.25) is 0 Å². The molecular weight excluding hydrogens is 184 g/mol. The highest BCUT2D eigenvalue weighted by Crippen LogP contribution is 2.47. The maximum Gasteiger partial charge on any atom is 0.317 e. The molecule has 0 unspecified atom stereocenters. The fourth-order valence-electron chi connectivity index (χ4n) is 1.74. The molecule has 4 heteroatoms. The van der Waals surface area contributed by atoms with Crippen LogP contribution in [0.25, 0.3) is 0 Å². The first-order valence-electron chi connectivity index (χ1n) is 4.84. The van der Waals surface area contributed by atoms with Crippen LogP contribution in [-0.4, -0.2) is 41.6 Å². The molecule has 2 rings (SSSR count). The zero-order chi connectivity index (χ0) is 9.31. The van der Waals surface area contributed by atoms with Crippen LogP contribution < -0.4 is 5.32 Å². The first-order valence-corrected chi connectivity index (χ1v) is 6.06. The highest BCUT2D eigenvalue weighted by molar-refractivity contribution is 8.00. The Bertz CT molecular complexity index is 216. The van der Waals surface area contributed by atoms with Crippen molar-refractivity contribution in [3.05, 3.63) is 0 Å². The van der Waals surface area contributed by atoms with Gasteiger partial charge in [0.15, 0.2) is 0 Å². The molecule has 2 fully saturated rings. The van der Waals surface area contributed by atoms with Gasteiger partial charge in [0, 0.05) is 24.4 Å². The van der Waals surface area contributed by atoms with Crippen LogP contribution >= 0.6 is 11.8 Å². The lowest BCUT2D eigenvalue weighted by Crippen LogP contribution is -2.49. The molecule has 3 nitrogen and oxygen atoms in total. The average molecular weight is 200 g/mol. The summed E-state index contributed by atoms with van der Waals surface area (Å²) in [5, 5.41) is 2.88. The molecule has 0 aromatic heterocycles. The number of carbonyl (C=O) groups is 1. The van der Waals surface area contributed by atoms with E-state index in [0.717, 1.165) is 26.1 Å². The molecule has 1 aliphatic carbocycles. The van der Waals surface area contributed by atoms with Gasteiger partial charge in [0.25, 0.3) is 0 Å². The van der Waals surface area contributed by atoms with Crippen molar-refractivity contribution in [1.29, 1.82) is 0 Å².